The van der Waals surface area contributed by atoms with Crippen LogP contribution in [0.5, 0.6) is 5.88 Å². The second-order valence-corrected chi connectivity index (χ2v) is 6.74. The predicted octanol–water partition coefficient (Wildman–Crippen LogP) is 2.74. The SMILES string of the molecule is O=c1[nH]c(O)c(C2=C3CC4CC(C3)CC2C4)s1. The third-order valence-electron chi connectivity index (χ3n) is 4.64. The number of aromatic hydroxyl groups is 1. The van der Waals surface area contributed by atoms with E-state index in [2.05, 4.69) is 4.98 Å². The first-order valence-electron chi connectivity index (χ1n) is 6.35. The number of aromatic nitrogens is 1. The van der Waals surface area contributed by atoms with E-state index >= 15 is 0 Å². The van der Waals surface area contributed by atoms with E-state index in [9.17, 15) is 9.90 Å². The zero-order chi connectivity index (χ0) is 11.6. The third-order valence-corrected chi connectivity index (χ3v) is 5.54. The number of allylic oxidation sites excluding steroid dienone is 2. The van der Waals surface area contributed by atoms with Crippen molar-refractivity contribution >= 4 is 16.9 Å². The maximum Gasteiger partial charge on any atom is 0.307 e. The lowest BCUT2D eigenvalue weighted by atomic mass is 9.58. The Morgan fingerprint density at radius 1 is 1.18 bits per heavy atom. The topological polar surface area (TPSA) is 53.1 Å². The molecule has 5 rings (SSSR count). The van der Waals surface area contributed by atoms with Gasteiger partial charge in [-0.05, 0) is 55.4 Å². The summed E-state index contributed by atoms with van der Waals surface area (Å²) in [4.78, 5) is 14.5. The van der Waals surface area contributed by atoms with Gasteiger partial charge in [0.05, 0.1) is 4.88 Å². The van der Waals surface area contributed by atoms with Crippen molar-refractivity contribution in [2.24, 2.45) is 17.8 Å². The fraction of sp³-hybridized carbons (Fsp3) is 0.615. The average molecular weight is 249 g/mol. The van der Waals surface area contributed by atoms with Crippen LogP contribution in [-0.2, 0) is 0 Å². The van der Waals surface area contributed by atoms with Crippen LogP contribution < -0.4 is 4.87 Å². The van der Waals surface area contributed by atoms with E-state index < -0.39 is 0 Å². The van der Waals surface area contributed by atoms with E-state index in [1.807, 2.05) is 0 Å². The lowest BCUT2D eigenvalue weighted by Crippen LogP contribution is -2.34. The molecule has 1 aromatic rings. The first-order chi connectivity index (χ1) is 8.20. The van der Waals surface area contributed by atoms with E-state index in [0.29, 0.717) is 5.92 Å². The Bertz CT molecular complexity index is 552. The standard InChI is InChI=1S/C13H15NO2S/c15-12-11(17-13(16)14-12)10-8-2-6-1-7(4-8)5-9(10)3-6/h6-8,15H,1-5H2,(H,14,16). The van der Waals surface area contributed by atoms with Gasteiger partial charge in [0.25, 0.3) is 0 Å². The van der Waals surface area contributed by atoms with Gasteiger partial charge >= 0.3 is 4.87 Å². The van der Waals surface area contributed by atoms with Crippen LogP contribution in [0.3, 0.4) is 0 Å². The molecular weight excluding hydrogens is 234 g/mol. The number of aromatic amines is 1. The highest BCUT2D eigenvalue weighted by Gasteiger charge is 2.43. The van der Waals surface area contributed by atoms with Crippen LogP contribution in [0.25, 0.3) is 5.57 Å². The van der Waals surface area contributed by atoms with Gasteiger partial charge in [0.15, 0.2) is 0 Å². The molecule has 4 heteroatoms. The van der Waals surface area contributed by atoms with Gasteiger partial charge in [-0.2, -0.15) is 0 Å². The summed E-state index contributed by atoms with van der Waals surface area (Å²) in [5.41, 5.74) is 2.84. The number of nitrogens with one attached hydrogen (secondary N) is 1. The summed E-state index contributed by atoms with van der Waals surface area (Å²) in [6, 6.07) is 0. The highest BCUT2D eigenvalue weighted by Crippen LogP contribution is 2.57. The number of hydrogen-bond acceptors (Lipinski definition) is 3. The third kappa shape index (κ3) is 1.36. The molecular formula is C13H15NO2S. The molecule has 2 fully saturated rings. The summed E-state index contributed by atoms with van der Waals surface area (Å²) >= 11 is 1.17. The minimum atomic E-state index is -0.139. The van der Waals surface area contributed by atoms with Gasteiger partial charge in [0, 0.05) is 0 Å². The second-order valence-electron chi connectivity index (χ2n) is 5.75. The molecule has 2 unspecified atom stereocenters. The van der Waals surface area contributed by atoms with Crippen LogP contribution in [0, 0.1) is 17.8 Å². The van der Waals surface area contributed by atoms with Crippen molar-refractivity contribution in [2.45, 2.75) is 32.1 Å². The van der Waals surface area contributed by atoms with Crippen LogP contribution >= 0.6 is 11.3 Å². The maximum atomic E-state index is 11.3. The lowest BCUT2D eigenvalue weighted by molar-refractivity contribution is 0.176. The van der Waals surface area contributed by atoms with Gasteiger partial charge in [-0.1, -0.05) is 16.9 Å². The first kappa shape index (κ1) is 9.95. The fourth-order valence-electron chi connectivity index (χ4n) is 4.27. The van der Waals surface area contributed by atoms with Crippen LogP contribution in [-0.4, -0.2) is 10.1 Å². The Morgan fingerprint density at radius 2 is 1.88 bits per heavy atom. The summed E-state index contributed by atoms with van der Waals surface area (Å²) in [5, 5.41) is 9.84. The van der Waals surface area contributed by atoms with Gasteiger partial charge in [0.1, 0.15) is 0 Å². The molecule has 0 spiro atoms. The highest BCUT2D eigenvalue weighted by molar-refractivity contribution is 7.10. The largest absolute Gasteiger partial charge is 0.493 e. The predicted molar refractivity (Wildman–Crippen MR) is 67.1 cm³/mol. The Labute approximate surface area is 103 Å². The van der Waals surface area contributed by atoms with E-state index in [0.717, 1.165) is 16.7 Å². The molecule has 3 nitrogen and oxygen atoms in total. The minimum absolute atomic E-state index is 0.0926. The molecule has 2 saturated carbocycles. The smallest absolute Gasteiger partial charge is 0.307 e. The molecule has 1 aromatic heterocycles. The first-order valence-corrected chi connectivity index (χ1v) is 7.16. The molecule has 4 aliphatic rings. The Kier molecular flexibility index (Phi) is 1.90. The minimum Gasteiger partial charge on any atom is -0.493 e. The molecule has 90 valence electrons. The van der Waals surface area contributed by atoms with Crippen molar-refractivity contribution in [3.8, 4) is 5.88 Å². The van der Waals surface area contributed by atoms with Crippen LogP contribution in [0.15, 0.2) is 10.4 Å². The second kappa shape index (κ2) is 3.25. The Morgan fingerprint density at radius 3 is 2.41 bits per heavy atom. The Balaban J connectivity index is 1.88. The zero-order valence-corrected chi connectivity index (χ0v) is 10.3. The quantitative estimate of drug-likeness (QED) is 0.804. The van der Waals surface area contributed by atoms with Crippen molar-refractivity contribution in [2.75, 3.05) is 0 Å². The van der Waals surface area contributed by atoms with E-state index in [4.69, 9.17) is 0 Å². The highest BCUT2D eigenvalue weighted by atomic mass is 32.1. The average Bonchev–Trinajstić information content (AvgIpc) is 2.56. The van der Waals surface area contributed by atoms with Gasteiger partial charge in [0.2, 0.25) is 5.88 Å². The molecule has 1 heterocycles. The number of rotatable bonds is 1. The molecule has 4 bridgehead atoms. The molecule has 17 heavy (non-hydrogen) atoms. The van der Waals surface area contributed by atoms with Crippen molar-refractivity contribution in [1.82, 2.24) is 4.98 Å². The van der Waals surface area contributed by atoms with Crippen molar-refractivity contribution in [3.05, 3.63) is 20.1 Å². The van der Waals surface area contributed by atoms with Crippen LogP contribution in [0.2, 0.25) is 0 Å². The molecule has 4 aliphatic carbocycles. The van der Waals surface area contributed by atoms with Crippen LogP contribution in [0.4, 0.5) is 0 Å². The Hall–Kier alpha value is -1.03. The summed E-state index contributed by atoms with van der Waals surface area (Å²) in [7, 11) is 0. The van der Waals surface area contributed by atoms with Crippen LogP contribution in [0.1, 0.15) is 37.0 Å². The van der Waals surface area contributed by atoms with E-state index in [-0.39, 0.29) is 10.8 Å². The molecule has 0 aliphatic heterocycles. The lowest BCUT2D eigenvalue weighted by Gasteiger charge is -2.47. The molecule has 2 N–H and O–H groups in total. The summed E-state index contributed by atoms with van der Waals surface area (Å²) < 4.78 is 0. The van der Waals surface area contributed by atoms with Gasteiger partial charge < -0.3 is 5.11 Å². The summed E-state index contributed by atoms with van der Waals surface area (Å²) in [5.74, 6) is 2.46. The normalized spacial score (nSPS) is 34.7. The van der Waals surface area contributed by atoms with Crippen molar-refractivity contribution < 1.29 is 5.11 Å². The number of hydrogen-bond donors (Lipinski definition) is 2. The monoisotopic (exact) mass is 249 g/mol. The summed E-state index contributed by atoms with van der Waals surface area (Å²) in [6.07, 6.45) is 6.34. The fourth-order valence-corrected chi connectivity index (χ4v) is 5.17. The van der Waals surface area contributed by atoms with Crippen molar-refractivity contribution in [3.63, 3.8) is 0 Å². The molecule has 0 aromatic carbocycles. The zero-order valence-electron chi connectivity index (χ0n) is 9.53. The van der Waals surface area contributed by atoms with Gasteiger partial charge in [-0.3, -0.25) is 9.78 Å². The van der Waals surface area contributed by atoms with Crippen molar-refractivity contribution in [1.29, 1.82) is 0 Å². The molecule has 0 amide bonds. The maximum absolute atomic E-state index is 11.3. The molecule has 0 saturated heterocycles. The molecule has 0 radical (unpaired) electrons. The summed E-state index contributed by atoms with van der Waals surface area (Å²) in [6.45, 7) is 0. The van der Waals surface area contributed by atoms with E-state index in [1.165, 1.54) is 54.6 Å². The number of thiazole rings is 1. The van der Waals surface area contributed by atoms with E-state index in [1.54, 1.807) is 0 Å². The molecule has 2 atom stereocenters. The number of H-pyrrole nitrogens is 1. The van der Waals surface area contributed by atoms with Gasteiger partial charge in [-0.25, -0.2) is 0 Å². The van der Waals surface area contributed by atoms with Gasteiger partial charge in [-0.15, -0.1) is 0 Å².